The minimum absolute atomic E-state index is 0.139. The van der Waals surface area contributed by atoms with Crippen LogP contribution in [0.1, 0.15) is 38.2 Å². The molecule has 2 heterocycles. The largest absolute Gasteiger partial charge is 0.351 e. The van der Waals surface area contributed by atoms with Gasteiger partial charge in [-0.05, 0) is 38.7 Å². The van der Waals surface area contributed by atoms with Gasteiger partial charge in [0.2, 0.25) is 0 Å². The number of aromatic nitrogens is 1. The summed E-state index contributed by atoms with van der Waals surface area (Å²) in [5, 5.41) is 3.36. The molecule has 3 rings (SSSR count). The van der Waals surface area contributed by atoms with Crippen LogP contribution in [0.4, 0.5) is 10.2 Å². The molecule has 3 nitrogen and oxygen atoms in total. The van der Waals surface area contributed by atoms with Crippen molar-refractivity contribution >= 4 is 5.82 Å². The van der Waals surface area contributed by atoms with Crippen molar-refractivity contribution in [2.75, 3.05) is 11.4 Å². The molecule has 0 aromatic carbocycles. The zero-order chi connectivity index (χ0) is 12.5. The summed E-state index contributed by atoms with van der Waals surface area (Å²) in [4.78, 5) is 6.33. The molecule has 0 bridgehead atoms. The first kappa shape index (κ1) is 11.9. The predicted molar refractivity (Wildman–Crippen MR) is 70.1 cm³/mol. The van der Waals surface area contributed by atoms with Gasteiger partial charge in [0.05, 0.1) is 0 Å². The molecule has 1 N–H and O–H groups in total. The average molecular weight is 249 g/mol. The quantitative estimate of drug-likeness (QED) is 0.888. The topological polar surface area (TPSA) is 28.2 Å². The van der Waals surface area contributed by atoms with E-state index >= 15 is 0 Å². The van der Waals surface area contributed by atoms with Gasteiger partial charge in [-0.1, -0.05) is 0 Å². The van der Waals surface area contributed by atoms with Crippen LogP contribution in [0, 0.1) is 5.82 Å². The fourth-order valence-corrected chi connectivity index (χ4v) is 2.60. The molecule has 4 heteroatoms. The summed E-state index contributed by atoms with van der Waals surface area (Å²) in [5.41, 5.74) is 0.742. The van der Waals surface area contributed by atoms with Gasteiger partial charge in [0.15, 0.2) is 11.6 Å². The second kappa shape index (κ2) is 4.84. The normalized spacial score (nSPS) is 23.7. The molecule has 1 unspecified atom stereocenters. The van der Waals surface area contributed by atoms with Crippen LogP contribution in [0.2, 0.25) is 0 Å². The Balaban J connectivity index is 1.78. The molecule has 0 radical (unpaired) electrons. The van der Waals surface area contributed by atoms with Gasteiger partial charge < -0.3 is 10.2 Å². The van der Waals surface area contributed by atoms with E-state index in [1.807, 2.05) is 0 Å². The van der Waals surface area contributed by atoms with Gasteiger partial charge in [-0.15, -0.1) is 0 Å². The Hall–Kier alpha value is -1.16. The molecule has 1 saturated heterocycles. The number of nitrogens with one attached hydrogen (secondary N) is 1. The zero-order valence-electron chi connectivity index (χ0n) is 10.8. The molecular weight excluding hydrogens is 229 g/mol. The molecule has 1 aromatic rings. The first-order chi connectivity index (χ1) is 8.75. The Kier molecular flexibility index (Phi) is 3.20. The van der Waals surface area contributed by atoms with Gasteiger partial charge in [-0.3, -0.25) is 0 Å². The van der Waals surface area contributed by atoms with E-state index in [1.54, 1.807) is 12.3 Å². The van der Waals surface area contributed by atoms with Crippen molar-refractivity contribution in [3.63, 3.8) is 0 Å². The number of nitrogens with zero attached hydrogens (tertiary/aromatic N) is 2. The van der Waals surface area contributed by atoms with Crippen LogP contribution < -0.4 is 10.2 Å². The van der Waals surface area contributed by atoms with Gasteiger partial charge in [-0.25, -0.2) is 9.37 Å². The molecule has 2 aliphatic rings. The first-order valence-electron chi connectivity index (χ1n) is 6.89. The lowest BCUT2D eigenvalue weighted by Gasteiger charge is -2.23. The summed E-state index contributed by atoms with van der Waals surface area (Å²) in [6.45, 7) is 3.68. The molecule has 1 aliphatic carbocycles. The van der Waals surface area contributed by atoms with Crippen molar-refractivity contribution in [3.05, 3.63) is 23.6 Å². The molecule has 1 aromatic heterocycles. The third kappa shape index (κ3) is 2.34. The minimum Gasteiger partial charge on any atom is -0.351 e. The smallest absolute Gasteiger partial charge is 0.170 e. The molecule has 0 amide bonds. The summed E-state index contributed by atoms with van der Waals surface area (Å²) in [7, 11) is 0. The monoisotopic (exact) mass is 249 g/mol. The summed E-state index contributed by atoms with van der Waals surface area (Å²) in [6, 6.07) is 2.79. The second-order valence-corrected chi connectivity index (χ2v) is 5.45. The van der Waals surface area contributed by atoms with E-state index in [0.29, 0.717) is 24.4 Å². The van der Waals surface area contributed by atoms with Crippen molar-refractivity contribution in [3.8, 4) is 0 Å². The molecule has 2 fully saturated rings. The molecule has 1 atom stereocenters. The van der Waals surface area contributed by atoms with Gasteiger partial charge in [-0.2, -0.15) is 0 Å². The van der Waals surface area contributed by atoms with E-state index in [-0.39, 0.29) is 5.82 Å². The summed E-state index contributed by atoms with van der Waals surface area (Å²) in [6.07, 6.45) is 6.44. The lowest BCUT2D eigenvalue weighted by Crippen LogP contribution is -2.29. The fraction of sp³-hybridized carbons (Fsp3) is 0.643. The maximum atomic E-state index is 14.4. The Labute approximate surface area is 107 Å². The number of anilines is 1. The first-order valence-corrected chi connectivity index (χ1v) is 6.89. The van der Waals surface area contributed by atoms with Gasteiger partial charge in [0.1, 0.15) is 0 Å². The Morgan fingerprint density at radius 1 is 1.44 bits per heavy atom. The van der Waals surface area contributed by atoms with Crippen molar-refractivity contribution in [1.29, 1.82) is 0 Å². The number of hydrogen-bond donors (Lipinski definition) is 1. The Morgan fingerprint density at radius 3 is 2.94 bits per heavy atom. The average Bonchev–Trinajstić information content (AvgIpc) is 3.10. The fourth-order valence-electron chi connectivity index (χ4n) is 2.60. The van der Waals surface area contributed by atoms with E-state index < -0.39 is 0 Å². The SMILES string of the molecule is CC1CCCN1c1nccc(CNC2CC2)c1F. The predicted octanol–water partition coefficient (Wildman–Crippen LogP) is 2.46. The standard InChI is InChI=1S/C14H20FN3/c1-10-3-2-8-18(10)14-13(15)11(6-7-16-14)9-17-12-4-5-12/h6-7,10,12,17H,2-5,8-9H2,1H3. The highest BCUT2D eigenvalue weighted by molar-refractivity contribution is 5.45. The molecule has 1 aliphatic heterocycles. The highest BCUT2D eigenvalue weighted by atomic mass is 19.1. The molecule has 1 saturated carbocycles. The van der Waals surface area contributed by atoms with Gasteiger partial charge in [0.25, 0.3) is 0 Å². The molecule has 98 valence electrons. The summed E-state index contributed by atoms with van der Waals surface area (Å²) < 4.78 is 14.4. The lowest BCUT2D eigenvalue weighted by atomic mass is 10.2. The number of pyridine rings is 1. The van der Waals surface area contributed by atoms with Crippen molar-refractivity contribution in [2.45, 2.75) is 51.2 Å². The van der Waals surface area contributed by atoms with E-state index in [4.69, 9.17) is 0 Å². The van der Waals surface area contributed by atoms with Crippen LogP contribution in [-0.4, -0.2) is 23.6 Å². The summed E-state index contributed by atoms with van der Waals surface area (Å²) in [5.74, 6) is 0.398. The highest BCUT2D eigenvalue weighted by Crippen LogP contribution is 2.27. The van der Waals surface area contributed by atoms with Crippen LogP contribution >= 0.6 is 0 Å². The molecule has 0 spiro atoms. The van der Waals surface area contributed by atoms with Crippen LogP contribution in [0.25, 0.3) is 0 Å². The van der Waals surface area contributed by atoms with Crippen LogP contribution in [-0.2, 0) is 6.54 Å². The number of halogens is 1. The Bertz CT molecular complexity index is 431. The van der Waals surface area contributed by atoms with Crippen molar-refractivity contribution in [2.24, 2.45) is 0 Å². The van der Waals surface area contributed by atoms with E-state index in [1.165, 1.54) is 12.8 Å². The molecular formula is C14H20FN3. The molecule has 18 heavy (non-hydrogen) atoms. The third-order valence-electron chi connectivity index (χ3n) is 3.93. The van der Waals surface area contributed by atoms with Gasteiger partial charge >= 0.3 is 0 Å². The van der Waals surface area contributed by atoms with Crippen LogP contribution in [0.15, 0.2) is 12.3 Å². The summed E-state index contributed by atoms with van der Waals surface area (Å²) >= 11 is 0. The number of hydrogen-bond acceptors (Lipinski definition) is 3. The van der Waals surface area contributed by atoms with E-state index in [0.717, 1.165) is 24.9 Å². The van der Waals surface area contributed by atoms with E-state index in [2.05, 4.69) is 22.1 Å². The Morgan fingerprint density at radius 2 is 2.28 bits per heavy atom. The third-order valence-corrected chi connectivity index (χ3v) is 3.93. The van der Waals surface area contributed by atoms with Crippen LogP contribution in [0.3, 0.4) is 0 Å². The zero-order valence-corrected chi connectivity index (χ0v) is 10.8. The van der Waals surface area contributed by atoms with Crippen molar-refractivity contribution in [1.82, 2.24) is 10.3 Å². The van der Waals surface area contributed by atoms with Crippen LogP contribution in [0.5, 0.6) is 0 Å². The maximum Gasteiger partial charge on any atom is 0.170 e. The highest BCUT2D eigenvalue weighted by Gasteiger charge is 2.26. The van der Waals surface area contributed by atoms with Gasteiger partial charge in [0, 0.05) is 36.9 Å². The number of rotatable bonds is 4. The second-order valence-electron chi connectivity index (χ2n) is 5.45. The minimum atomic E-state index is -0.139. The lowest BCUT2D eigenvalue weighted by molar-refractivity contribution is 0.571. The van der Waals surface area contributed by atoms with E-state index in [9.17, 15) is 4.39 Å². The van der Waals surface area contributed by atoms with Crippen molar-refractivity contribution < 1.29 is 4.39 Å². The maximum absolute atomic E-state index is 14.4.